The quantitative estimate of drug-likeness (QED) is 0.391. The molecule has 0 aromatic heterocycles. The summed E-state index contributed by atoms with van der Waals surface area (Å²) >= 11 is 0. The molecule has 0 spiro atoms. The lowest BCUT2D eigenvalue weighted by atomic mass is 9.81. The first-order valence-electron chi connectivity index (χ1n) is 12.5. The molecular formula is C25H38F3N3O5S. The highest BCUT2D eigenvalue weighted by Crippen LogP contribution is 2.31. The molecule has 1 aliphatic carbocycles. The number of hydrogen-bond acceptors (Lipinski definition) is 6. The highest BCUT2D eigenvalue weighted by atomic mass is 32.2. The van der Waals surface area contributed by atoms with Crippen molar-refractivity contribution in [3.05, 3.63) is 35.4 Å². The molecule has 0 saturated heterocycles. The van der Waals surface area contributed by atoms with Crippen molar-refractivity contribution >= 4 is 21.7 Å². The van der Waals surface area contributed by atoms with Gasteiger partial charge in [-0.1, -0.05) is 6.07 Å². The van der Waals surface area contributed by atoms with Gasteiger partial charge in [-0.05, 0) is 71.1 Å². The van der Waals surface area contributed by atoms with Crippen molar-refractivity contribution in [2.45, 2.75) is 76.5 Å². The van der Waals surface area contributed by atoms with Crippen molar-refractivity contribution < 1.29 is 36.3 Å². The molecule has 210 valence electrons. The van der Waals surface area contributed by atoms with Gasteiger partial charge in [0.05, 0.1) is 29.7 Å². The van der Waals surface area contributed by atoms with E-state index in [9.17, 15) is 36.3 Å². The molecule has 1 aliphatic rings. The van der Waals surface area contributed by atoms with Crippen LogP contribution in [0.5, 0.6) is 0 Å². The molecule has 0 radical (unpaired) electrons. The second-order valence-electron chi connectivity index (χ2n) is 10.1. The van der Waals surface area contributed by atoms with E-state index in [2.05, 4.69) is 15.5 Å². The number of hydrogen-bond donors (Lipinski definition) is 3. The van der Waals surface area contributed by atoms with Crippen LogP contribution in [0.1, 0.15) is 62.9 Å². The topological polar surface area (TPSA) is 116 Å². The maximum Gasteiger partial charge on any atom is 0.416 e. The third kappa shape index (κ3) is 8.96. The van der Waals surface area contributed by atoms with Gasteiger partial charge in [-0.2, -0.15) is 13.2 Å². The second-order valence-corrected chi connectivity index (χ2v) is 12.7. The minimum Gasteiger partial charge on any atom is -0.395 e. The van der Waals surface area contributed by atoms with E-state index in [-0.39, 0.29) is 35.9 Å². The summed E-state index contributed by atoms with van der Waals surface area (Å²) in [6.07, 6.45) is -2.87. The molecule has 1 fully saturated rings. The van der Waals surface area contributed by atoms with Crippen molar-refractivity contribution in [2.75, 3.05) is 25.4 Å². The van der Waals surface area contributed by atoms with Crippen LogP contribution in [-0.4, -0.2) is 79.1 Å². The molecule has 12 heteroatoms. The van der Waals surface area contributed by atoms with E-state index in [1.165, 1.54) is 6.07 Å². The molecule has 1 saturated carbocycles. The highest BCUT2D eigenvalue weighted by molar-refractivity contribution is 7.91. The van der Waals surface area contributed by atoms with Crippen LogP contribution in [0.25, 0.3) is 0 Å². The molecule has 3 atom stereocenters. The number of aliphatic hydroxyl groups is 1. The Morgan fingerprint density at radius 2 is 1.84 bits per heavy atom. The minimum atomic E-state index is -4.60. The monoisotopic (exact) mass is 549 g/mol. The number of alkyl halides is 3. The molecular weight excluding hydrogens is 511 g/mol. The Morgan fingerprint density at radius 3 is 2.41 bits per heavy atom. The summed E-state index contributed by atoms with van der Waals surface area (Å²) < 4.78 is 64.2. The lowest BCUT2D eigenvalue weighted by molar-refractivity contribution is -0.137. The number of benzene rings is 1. The number of carbonyl (C=O) groups excluding carboxylic acids is 2. The van der Waals surface area contributed by atoms with Gasteiger partial charge in [-0.25, -0.2) is 8.42 Å². The summed E-state index contributed by atoms with van der Waals surface area (Å²) in [5.41, 5.74) is -1.19. The molecule has 0 aliphatic heterocycles. The molecule has 0 unspecified atom stereocenters. The van der Waals surface area contributed by atoms with Crippen LogP contribution in [0.2, 0.25) is 0 Å². The van der Waals surface area contributed by atoms with Gasteiger partial charge in [-0.3, -0.25) is 14.5 Å². The van der Waals surface area contributed by atoms with E-state index < -0.39 is 51.2 Å². The minimum absolute atomic E-state index is 0.0185. The molecule has 0 bridgehead atoms. The Morgan fingerprint density at radius 1 is 1.16 bits per heavy atom. The van der Waals surface area contributed by atoms with Crippen molar-refractivity contribution in [1.29, 1.82) is 0 Å². The van der Waals surface area contributed by atoms with E-state index in [1.54, 1.807) is 13.8 Å². The third-order valence-electron chi connectivity index (χ3n) is 6.82. The standard InChI is InChI=1S/C25H38F3N3O5S/c1-16(2)31(10-11-32)21-8-9-22(19(13-21)15-37(35,36)17(3)4)30-23(33)14-29-24(34)18-6-5-7-20(12-18)25(26,27)28/h5-7,12,16-17,19,21-22,32H,8-11,13-15H2,1-4H3,(H,29,34)(H,30,33)/t19-,21+,22-/m0/s1. The van der Waals surface area contributed by atoms with E-state index in [1.807, 2.05) is 13.8 Å². The number of nitrogens with zero attached hydrogens (tertiary/aromatic N) is 1. The van der Waals surface area contributed by atoms with Crippen molar-refractivity contribution in [1.82, 2.24) is 15.5 Å². The van der Waals surface area contributed by atoms with Crippen molar-refractivity contribution in [2.24, 2.45) is 5.92 Å². The van der Waals surface area contributed by atoms with Gasteiger partial charge >= 0.3 is 6.18 Å². The molecule has 0 heterocycles. The molecule has 1 aromatic carbocycles. The zero-order chi connectivity index (χ0) is 28.0. The number of carbonyl (C=O) groups is 2. The average molecular weight is 550 g/mol. The lowest BCUT2D eigenvalue weighted by Crippen LogP contribution is -2.53. The van der Waals surface area contributed by atoms with Gasteiger partial charge in [0.15, 0.2) is 9.84 Å². The van der Waals surface area contributed by atoms with Crippen LogP contribution in [0, 0.1) is 5.92 Å². The number of halogens is 3. The largest absolute Gasteiger partial charge is 0.416 e. The Bertz CT molecular complexity index is 1030. The maximum atomic E-state index is 12.9. The summed E-state index contributed by atoms with van der Waals surface area (Å²) in [4.78, 5) is 27.1. The second kappa shape index (κ2) is 13.1. The van der Waals surface area contributed by atoms with E-state index in [4.69, 9.17) is 0 Å². The third-order valence-corrected chi connectivity index (χ3v) is 9.15. The van der Waals surface area contributed by atoms with Gasteiger partial charge in [0, 0.05) is 30.2 Å². The van der Waals surface area contributed by atoms with Gasteiger partial charge in [0.25, 0.3) is 5.91 Å². The molecule has 8 nitrogen and oxygen atoms in total. The van der Waals surface area contributed by atoms with Crippen LogP contribution < -0.4 is 10.6 Å². The summed E-state index contributed by atoms with van der Waals surface area (Å²) in [6.45, 7) is 7.23. The van der Waals surface area contributed by atoms with Crippen LogP contribution in [0.4, 0.5) is 13.2 Å². The van der Waals surface area contributed by atoms with Gasteiger partial charge in [-0.15, -0.1) is 0 Å². The van der Waals surface area contributed by atoms with Crippen LogP contribution in [-0.2, 0) is 20.8 Å². The highest BCUT2D eigenvalue weighted by Gasteiger charge is 2.38. The summed E-state index contributed by atoms with van der Waals surface area (Å²) in [6, 6.07) is 3.67. The fraction of sp³-hybridized carbons (Fsp3) is 0.680. The van der Waals surface area contributed by atoms with Crippen LogP contribution in [0.15, 0.2) is 24.3 Å². The summed E-state index contributed by atoms with van der Waals surface area (Å²) in [7, 11) is -3.41. The van der Waals surface area contributed by atoms with Gasteiger partial charge < -0.3 is 15.7 Å². The SMILES string of the molecule is CC(C)N(CCO)[C@@H]1CC[C@H](NC(=O)CNC(=O)c2cccc(C(F)(F)F)c2)[C@H](CS(=O)(=O)C(C)C)C1. The number of rotatable bonds is 11. The normalized spacial score (nSPS) is 20.9. The maximum absolute atomic E-state index is 12.9. The zero-order valence-corrected chi connectivity index (χ0v) is 22.5. The first-order valence-corrected chi connectivity index (χ1v) is 14.2. The van der Waals surface area contributed by atoms with Crippen LogP contribution in [0.3, 0.4) is 0 Å². The predicted molar refractivity (Wildman–Crippen MR) is 135 cm³/mol. The van der Waals surface area contributed by atoms with Gasteiger partial charge in [0.2, 0.25) is 5.91 Å². The average Bonchev–Trinajstić information content (AvgIpc) is 2.81. The Kier molecular flexibility index (Phi) is 11.0. The number of nitrogens with one attached hydrogen (secondary N) is 2. The number of aliphatic hydroxyl groups excluding tert-OH is 1. The Balaban J connectivity index is 2.08. The van der Waals surface area contributed by atoms with E-state index >= 15 is 0 Å². The first-order chi connectivity index (χ1) is 17.2. The number of sulfone groups is 1. The van der Waals surface area contributed by atoms with Crippen LogP contribution >= 0.6 is 0 Å². The van der Waals surface area contributed by atoms with Crippen molar-refractivity contribution in [3.8, 4) is 0 Å². The van der Waals surface area contributed by atoms with Gasteiger partial charge in [0.1, 0.15) is 0 Å². The Labute approximate surface area is 216 Å². The summed E-state index contributed by atoms with van der Waals surface area (Å²) in [5, 5.41) is 14.1. The molecule has 2 amide bonds. The molecule has 37 heavy (non-hydrogen) atoms. The Hall–Kier alpha value is -2.18. The fourth-order valence-corrected chi connectivity index (χ4v) is 6.09. The molecule has 3 N–H and O–H groups in total. The molecule has 2 rings (SSSR count). The first kappa shape index (κ1) is 31.0. The predicted octanol–water partition coefficient (Wildman–Crippen LogP) is 2.61. The smallest absolute Gasteiger partial charge is 0.395 e. The van der Waals surface area contributed by atoms with E-state index in [0.29, 0.717) is 31.9 Å². The van der Waals surface area contributed by atoms with E-state index in [0.717, 1.165) is 12.1 Å². The molecule has 1 aromatic rings. The van der Waals surface area contributed by atoms with Crippen molar-refractivity contribution in [3.63, 3.8) is 0 Å². The lowest BCUT2D eigenvalue weighted by Gasteiger charge is -2.43. The number of amides is 2. The summed E-state index contributed by atoms with van der Waals surface area (Å²) in [5.74, 6) is -1.84. The fourth-order valence-electron chi connectivity index (χ4n) is 4.74. The zero-order valence-electron chi connectivity index (χ0n) is 21.7.